The highest BCUT2D eigenvalue weighted by Gasteiger charge is 2.53. The smallest absolute Gasteiger partial charge is 0.258 e. The Labute approximate surface area is 226 Å². The largest absolute Gasteiger partial charge is 0.269 e. The third kappa shape index (κ3) is 4.02. The fourth-order valence-electron chi connectivity index (χ4n) is 5.83. The number of rotatable bonds is 7. The molecule has 1 aliphatic carbocycles. The van der Waals surface area contributed by atoms with Crippen molar-refractivity contribution in [1.82, 2.24) is 0 Å². The highest BCUT2D eigenvalue weighted by atomic mass is 16.6. The lowest BCUT2D eigenvalue weighted by atomic mass is 9.67. The summed E-state index contributed by atoms with van der Waals surface area (Å²) in [4.78, 5) is 43.8. The number of hydrogen-bond acceptors (Lipinski definition) is 8. The minimum atomic E-state index is -1.11. The molecule has 0 radical (unpaired) electrons. The fraction of sp³-hybridized carbons (Fsp3) is 0.143. The maximum Gasteiger partial charge on any atom is 0.269 e. The topological polar surface area (TPSA) is 173 Å². The molecule has 0 saturated heterocycles. The van der Waals surface area contributed by atoms with Crippen LogP contribution in [-0.2, 0) is 10.8 Å². The van der Waals surface area contributed by atoms with Crippen LogP contribution >= 0.6 is 0 Å². The van der Waals surface area contributed by atoms with E-state index in [-0.39, 0.29) is 29.2 Å². The van der Waals surface area contributed by atoms with E-state index < -0.39 is 30.5 Å². The van der Waals surface area contributed by atoms with Gasteiger partial charge in [0.15, 0.2) is 0 Å². The van der Waals surface area contributed by atoms with Gasteiger partial charge in [0.05, 0.1) is 19.7 Å². The second kappa shape index (κ2) is 9.34. The Morgan fingerprint density at radius 2 is 0.850 bits per heavy atom. The Morgan fingerprint density at radius 1 is 0.500 bits per heavy atom. The van der Waals surface area contributed by atoms with Crippen molar-refractivity contribution in [3.8, 4) is 0 Å². The quantitative estimate of drug-likeness (QED) is 0.192. The molecule has 4 aromatic carbocycles. The van der Waals surface area contributed by atoms with Crippen LogP contribution in [0.3, 0.4) is 0 Å². The SMILES string of the molecule is CC1(c2ccc([N+](=O)[O-])cc2)CC(c2ccc([N+](=O)[O-])cc2)(c2ccc([N+](=O)[O-])cc2)c2cc([N+](=O)[O-])ccc21. The molecule has 1 unspecified atom stereocenters. The predicted molar refractivity (Wildman–Crippen MR) is 143 cm³/mol. The summed E-state index contributed by atoms with van der Waals surface area (Å²) in [6.45, 7) is 1.93. The summed E-state index contributed by atoms with van der Waals surface area (Å²) in [6.07, 6.45) is 0.282. The maximum atomic E-state index is 11.8. The fourth-order valence-corrected chi connectivity index (χ4v) is 5.83. The molecule has 0 aliphatic heterocycles. The Kier molecular flexibility index (Phi) is 6.10. The molecule has 0 aromatic heterocycles. The molecule has 0 amide bonds. The van der Waals surface area contributed by atoms with Crippen LogP contribution in [0.4, 0.5) is 22.7 Å². The van der Waals surface area contributed by atoms with Crippen LogP contribution in [0.15, 0.2) is 91.0 Å². The van der Waals surface area contributed by atoms with E-state index in [1.165, 1.54) is 48.5 Å². The van der Waals surface area contributed by atoms with Crippen LogP contribution in [0.2, 0.25) is 0 Å². The third-order valence-electron chi connectivity index (χ3n) is 7.74. The molecule has 0 spiro atoms. The minimum absolute atomic E-state index is 0.0914. The number of benzene rings is 4. The van der Waals surface area contributed by atoms with Crippen molar-refractivity contribution < 1.29 is 19.7 Å². The zero-order chi connectivity index (χ0) is 28.8. The van der Waals surface area contributed by atoms with Crippen molar-refractivity contribution in [2.75, 3.05) is 0 Å². The van der Waals surface area contributed by atoms with E-state index in [4.69, 9.17) is 0 Å². The number of nitrogens with zero attached hydrogens (tertiary/aromatic N) is 4. The van der Waals surface area contributed by atoms with Gasteiger partial charge in [-0.2, -0.15) is 0 Å². The Bertz CT molecular complexity index is 1630. The van der Waals surface area contributed by atoms with Gasteiger partial charge >= 0.3 is 0 Å². The van der Waals surface area contributed by atoms with Crippen LogP contribution in [-0.4, -0.2) is 19.7 Å². The summed E-state index contributed by atoms with van der Waals surface area (Å²) in [7, 11) is 0. The van der Waals surface area contributed by atoms with Gasteiger partial charge in [-0.3, -0.25) is 40.5 Å². The molecular weight excluding hydrogens is 520 g/mol. The summed E-state index contributed by atoms with van der Waals surface area (Å²) in [5, 5.41) is 45.9. The summed E-state index contributed by atoms with van der Waals surface area (Å²) in [5.74, 6) is 0. The predicted octanol–water partition coefficient (Wildman–Crippen LogP) is 6.36. The van der Waals surface area contributed by atoms with Gasteiger partial charge in [-0.15, -0.1) is 0 Å². The first-order chi connectivity index (χ1) is 19.0. The molecule has 40 heavy (non-hydrogen) atoms. The van der Waals surface area contributed by atoms with Crippen molar-refractivity contribution >= 4 is 22.7 Å². The lowest BCUT2D eigenvalue weighted by Gasteiger charge is -2.34. The highest BCUT2D eigenvalue weighted by molar-refractivity contribution is 5.65. The average Bonchev–Trinajstić information content (AvgIpc) is 3.23. The van der Waals surface area contributed by atoms with Crippen molar-refractivity contribution in [3.63, 3.8) is 0 Å². The number of nitro groups is 4. The molecule has 0 fully saturated rings. The molecule has 5 rings (SSSR count). The first-order valence-corrected chi connectivity index (χ1v) is 12.0. The van der Waals surface area contributed by atoms with Gasteiger partial charge in [0.2, 0.25) is 0 Å². The molecular formula is C28H20N4O8. The Morgan fingerprint density at radius 3 is 1.23 bits per heavy atom. The van der Waals surface area contributed by atoms with Gasteiger partial charge in [-0.25, -0.2) is 0 Å². The summed E-state index contributed by atoms with van der Waals surface area (Å²) >= 11 is 0. The zero-order valence-corrected chi connectivity index (χ0v) is 20.9. The number of non-ortho nitro benzene ring substituents is 4. The number of fused-ring (bicyclic) bond motifs is 1. The van der Waals surface area contributed by atoms with Crippen molar-refractivity contribution in [1.29, 1.82) is 0 Å². The van der Waals surface area contributed by atoms with E-state index in [9.17, 15) is 40.5 Å². The highest BCUT2D eigenvalue weighted by Crippen LogP contribution is 2.59. The molecule has 200 valence electrons. The summed E-state index contributed by atoms with van der Waals surface area (Å²) in [6, 6.07) is 22.3. The summed E-state index contributed by atoms with van der Waals surface area (Å²) in [5.41, 5.74) is 0.735. The monoisotopic (exact) mass is 540 g/mol. The van der Waals surface area contributed by atoms with E-state index >= 15 is 0 Å². The van der Waals surface area contributed by atoms with Gasteiger partial charge in [-0.05, 0) is 34.2 Å². The zero-order valence-electron chi connectivity index (χ0n) is 20.9. The third-order valence-corrected chi connectivity index (χ3v) is 7.74. The van der Waals surface area contributed by atoms with Gasteiger partial charge in [-0.1, -0.05) is 49.4 Å². The number of nitro benzene ring substituents is 4. The molecule has 1 aliphatic rings. The van der Waals surface area contributed by atoms with Crippen molar-refractivity contribution in [2.24, 2.45) is 0 Å². The molecule has 0 heterocycles. The van der Waals surface area contributed by atoms with Crippen molar-refractivity contribution in [2.45, 2.75) is 24.2 Å². The van der Waals surface area contributed by atoms with E-state index in [0.29, 0.717) is 16.7 Å². The Hall–Kier alpha value is -5.52. The van der Waals surface area contributed by atoms with E-state index in [2.05, 4.69) is 0 Å². The first kappa shape index (κ1) is 26.1. The van der Waals surface area contributed by atoms with Crippen LogP contribution in [0.5, 0.6) is 0 Å². The minimum Gasteiger partial charge on any atom is -0.258 e. The summed E-state index contributed by atoms with van der Waals surface area (Å²) < 4.78 is 0. The van der Waals surface area contributed by atoms with Crippen LogP contribution in [0.1, 0.15) is 41.2 Å². The maximum absolute atomic E-state index is 11.8. The molecule has 12 nitrogen and oxygen atoms in total. The standard InChI is InChI=1S/C28H20N4O8/c1-27(18-2-8-21(9-3-18)29(33)34)17-28(19-4-10-22(11-5-19)30(35)36,20-6-12-23(13-7-20)31(37)38)26-16-24(32(39)40)14-15-25(26)27/h2-16H,17H2,1H3. The molecule has 4 aromatic rings. The van der Waals surface area contributed by atoms with E-state index in [0.717, 1.165) is 11.1 Å². The second-order valence-corrected chi connectivity index (χ2v) is 9.81. The van der Waals surface area contributed by atoms with Crippen LogP contribution < -0.4 is 0 Å². The van der Waals surface area contributed by atoms with E-state index in [1.807, 2.05) is 6.92 Å². The lowest BCUT2D eigenvalue weighted by molar-refractivity contribution is -0.385. The van der Waals surface area contributed by atoms with Crippen molar-refractivity contribution in [3.05, 3.63) is 159 Å². The molecule has 0 bridgehead atoms. The molecule has 1 atom stereocenters. The normalized spacial score (nSPS) is 17.1. The van der Waals surface area contributed by atoms with Crippen LogP contribution in [0.25, 0.3) is 0 Å². The second-order valence-electron chi connectivity index (χ2n) is 9.81. The number of hydrogen-bond donors (Lipinski definition) is 0. The van der Waals surface area contributed by atoms with Gasteiger partial charge in [0.1, 0.15) is 0 Å². The molecule has 12 heteroatoms. The lowest BCUT2D eigenvalue weighted by Crippen LogP contribution is -2.30. The first-order valence-electron chi connectivity index (χ1n) is 12.0. The van der Waals surface area contributed by atoms with E-state index in [1.54, 1.807) is 42.5 Å². The average molecular weight is 540 g/mol. The van der Waals surface area contributed by atoms with Gasteiger partial charge in [0, 0.05) is 59.4 Å². The van der Waals surface area contributed by atoms with Gasteiger partial charge < -0.3 is 0 Å². The molecule has 0 N–H and O–H groups in total. The Balaban J connectivity index is 1.83. The van der Waals surface area contributed by atoms with Crippen LogP contribution in [0, 0.1) is 40.5 Å². The van der Waals surface area contributed by atoms with Gasteiger partial charge in [0.25, 0.3) is 22.7 Å². The molecule has 0 saturated carbocycles.